The van der Waals surface area contributed by atoms with Crippen molar-refractivity contribution >= 4 is 38.1 Å². The molecule has 1 fully saturated rings. The average molecular weight is 430 g/mol. The third kappa shape index (κ3) is 5.53. The van der Waals surface area contributed by atoms with E-state index < -0.39 is 31.1 Å². The van der Waals surface area contributed by atoms with Gasteiger partial charge in [-0.1, -0.05) is 6.92 Å². The van der Waals surface area contributed by atoms with Gasteiger partial charge in [-0.25, -0.2) is 25.9 Å². The summed E-state index contributed by atoms with van der Waals surface area (Å²) in [6.07, 6.45) is 0.648. The second-order valence-electron chi connectivity index (χ2n) is 6.54. The van der Waals surface area contributed by atoms with Crippen molar-refractivity contribution in [3.05, 3.63) is 24.0 Å². The highest BCUT2D eigenvalue weighted by atomic mass is 35.5. The average Bonchev–Trinajstić information content (AvgIpc) is 2.51. The van der Waals surface area contributed by atoms with Gasteiger partial charge in [-0.05, 0) is 57.5 Å². The topological polar surface area (TPSA) is 104 Å². The molecule has 1 aliphatic rings. The Balaban J connectivity index is 0.00000338. The number of halogens is 2. The summed E-state index contributed by atoms with van der Waals surface area (Å²) in [5.74, 6) is -0.823. The summed E-state index contributed by atoms with van der Waals surface area (Å²) in [7, 11) is -7.60. The molecular formula is C15H25ClFN3O4S2. The first kappa shape index (κ1) is 23.1. The van der Waals surface area contributed by atoms with Crippen LogP contribution in [0.3, 0.4) is 0 Å². The molecule has 0 bridgehead atoms. The van der Waals surface area contributed by atoms with E-state index in [-0.39, 0.29) is 34.9 Å². The first-order chi connectivity index (χ1) is 11.5. The summed E-state index contributed by atoms with van der Waals surface area (Å²) < 4.78 is 67.5. The molecule has 0 aliphatic carbocycles. The van der Waals surface area contributed by atoms with E-state index in [1.165, 1.54) is 19.9 Å². The molecule has 0 radical (unpaired) electrons. The minimum atomic E-state index is -3.89. The predicted molar refractivity (Wildman–Crippen MR) is 102 cm³/mol. The molecule has 0 saturated carbocycles. The van der Waals surface area contributed by atoms with Crippen LogP contribution in [0.1, 0.15) is 27.2 Å². The number of sulfonamides is 2. The highest BCUT2D eigenvalue weighted by Gasteiger charge is 2.27. The lowest BCUT2D eigenvalue weighted by Crippen LogP contribution is -2.48. The molecule has 0 amide bonds. The van der Waals surface area contributed by atoms with E-state index in [9.17, 15) is 21.2 Å². The molecule has 2 rings (SSSR count). The molecular weight excluding hydrogens is 405 g/mol. The van der Waals surface area contributed by atoms with Gasteiger partial charge >= 0.3 is 0 Å². The molecule has 1 aromatic rings. The Hall–Kier alpha value is -0.940. The first-order valence-electron chi connectivity index (χ1n) is 8.07. The fraction of sp³-hybridized carbons (Fsp3) is 0.600. The van der Waals surface area contributed by atoms with E-state index in [2.05, 4.69) is 14.8 Å². The normalized spacial score (nSPS) is 21.3. The van der Waals surface area contributed by atoms with Gasteiger partial charge in [0.05, 0.1) is 15.8 Å². The van der Waals surface area contributed by atoms with Gasteiger partial charge in [0.1, 0.15) is 5.82 Å². The number of rotatable bonds is 6. The van der Waals surface area contributed by atoms with Crippen LogP contribution in [-0.2, 0) is 20.0 Å². The Kier molecular flexibility index (Phi) is 7.85. The van der Waals surface area contributed by atoms with Crippen molar-refractivity contribution in [3.63, 3.8) is 0 Å². The van der Waals surface area contributed by atoms with Crippen LogP contribution in [0.15, 0.2) is 23.1 Å². The lowest BCUT2D eigenvalue weighted by molar-refractivity contribution is 0.328. The molecule has 2 atom stereocenters. The summed E-state index contributed by atoms with van der Waals surface area (Å²) in [5, 5.41) is 2.44. The van der Waals surface area contributed by atoms with Crippen LogP contribution in [0.4, 0.5) is 10.1 Å². The van der Waals surface area contributed by atoms with Crippen molar-refractivity contribution in [1.29, 1.82) is 0 Å². The second-order valence-corrected chi connectivity index (χ2v) is 10.5. The minimum absolute atomic E-state index is 0. The molecule has 1 aromatic carbocycles. The first-order valence-corrected chi connectivity index (χ1v) is 11.1. The number of hydrogen-bond donors (Lipinski definition) is 3. The summed E-state index contributed by atoms with van der Waals surface area (Å²) in [6.45, 7) is 6.27. The molecule has 2 unspecified atom stereocenters. The maximum Gasteiger partial charge on any atom is 0.240 e. The smallest absolute Gasteiger partial charge is 0.240 e. The zero-order valence-electron chi connectivity index (χ0n) is 14.8. The fourth-order valence-electron chi connectivity index (χ4n) is 2.47. The van der Waals surface area contributed by atoms with Crippen molar-refractivity contribution in [2.45, 2.75) is 43.4 Å². The molecule has 26 heavy (non-hydrogen) atoms. The molecule has 150 valence electrons. The van der Waals surface area contributed by atoms with Crippen molar-refractivity contribution in [1.82, 2.24) is 10.0 Å². The summed E-state index contributed by atoms with van der Waals surface area (Å²) in [5.41, 5.74) is -0.275. The standard InChI is InChI=1S/C15H24FN3O4S2.ClH/c1-10(2)24(20,21)19-15-5-4-12(8-13(15)16)25(22,23)18-14-6-7-17-9-11(14)3;/h4-5,8,10-11,14,17-19H,6-7,9H2,1-3H3;1H. The fourth-order valence-corrected chi connectivity index (χ4v) is 4.57. The van der Waals surface area contributed by atoms with Gasteiger partial charge in [-0.2, -0.15) is 0 Å². The largest absolute Gasteiger partial charge is 0.316 e. The maximum absolute atomic E-state index is 14.2. The Bertz CT molecular complexity index is 831. The third-order valence-corrected chi connectivity index (χ3v) is 7.45. The Morgan fingerprint density at radius 2 is 1.88 bits per heavy atom. The van der Waals surface area contributed by atoms with E-state index in [4.69, 9.17) is 0 Å². The Morgan fingerprint density at radius 1 is 1.23 bits per heavy atom. The van der Waals surface area contributed by atoms with E-state index >= 15 is 0 Å². The highest BCUT2D eigenvalue weighted by molar-refractivity contribution is 7.93. The maximum atomic E-state index is 14.2. The van der Waals surface area contributed by atoms with Crippen LogP contribution in [-0.4, -0.2) is 41.2 Å². The predicted octanol–water partition coefficient (Wildman–Crippen LogP) is 1.67. The van der Waals surface area contributed by atoms with Crippen molar-refractivity contribution in [2.24, 2.45) is 5.92 Å². The van der Waals surface area contributed by atoms with Gasteiger partial charge < -0.3 is 5.32 Å². The Morgan fingerprint density at radius 3 is 2.42 bits per heavy atom. The molecule has 3 N–H and O–H groups in total. The van der Waals surface area contributed by atoms with Gasteiger partial charge in [-0.3, -0.25) is 4.72 Å². The third-order valence-electron chi connectivity index (χ3n) is 4.22. The number of piperidine rings is 1. The van der Waals surface area contributed by atoms with Gasteiger partial charge in [-0.15, -0.1) is 12.4 Å². The van der Waals surface area contributed by atoms with Crippen LogP contribution in [0, 0.1) is 11.7 Å². The van der Waals surface area contributed by atoms with Gasteiger partial charge in [0.25, 0.3) is 0 Å². The summed E-state index contributed by atoms with van der Waals surface area (Å²) >= 11 is 0. The number of benzene rings is 1. The van der Waals surface area contributed by atoms with Crippen LogP contribution in [0.25, 0.3) is 0 Å². The van der Waals surface area contributed by atoms with E-state index in [1.54, 1.807) is 0 Å². The molecule has 11 heteroatoms. The van der Waals surface area contributed by atoms with Crippen molar-refractivity contribution < 1.29 is 21.2 Å². The van der Waals surface area contributed by atoms with Crippen LogP contribution in [0.2, 0.25) is 0 Å². The SMILES string of the molecule is CC1CNCCC1NS(=O)(=O)c1ccc(NS(=O)(=O)C(C)C)c(F)c1.Cl. The van der Waals surface area contributed by atoms with Crippen molar-refractivity contribution in [3.8, 4) is 0 Å². The molecule has 1 aliphatic heterocycles. The zero-order chi connectivity index (χ0) is 18.8. The number of hydrogen-bond acceptors (Lipinski definition) is 5. The van der Waals surface area contributed by atoms with E-state index in [1.807, 2.05) is 6.92 Å². The van der Waals surface area contributed by atoms with Gasteiger partial charge in [0.2, 0.25) is 20.0 Å². The molecule has 1 saturated heterocycles. The quantitative estimate of drug-likeness (QED) is 0.638. The molecule has 0 aromatic heterocycles. The molecule has 0 spiro atoms. The minimum Gasteiger partial charge on any atom is -0.316 e. The van der Waals surface area contributed by atoms with E-state index in [0.717, 1.165) is 12.1 Å². The second kappa shape index (κ2) is 8.83. The Labute approximate surface area is 160 Å². The zero-order valence-corrected chi connectivity index (χ0v) is 17.3. The van der Waals surface area contributed by atoms with Crippen LogP contribution < -0.4 is 14.8 Å². The van der Waals surface area contributed by atoms with E-state index in [0.29, 0.717) is 19.5 Å². The highest BCUT2D eigenvalue weighted by Crippen LogP contribution is 2.22. The number of anilines is 1. The van der Waals surface area contributed by atoms with Crippen molar-refractivity contribution in [2.75, 3.05) is 17.8 Å². The van der Waals surface area contributed by atoms with Crippen LogP contribution >= 0.6 is 12.4 Å². The molecule has 7 nitrogen and oxygen atoms in total. The molecule has 1 heterocycles. The monoisotopic (exact) mass is 429 g/mol. The van der Waals surface area contributed by atoms with Gasteiger partial charge in [0.15, 0.2) is 0 Å². The summed E-state index contributed by atoms with van der Waals surface area (Å²) in [6, 6.07) is 2.91. The lowest BCUT2D eigenvalue weighted by Gasteiger charge is -2.30. The van der Waals surface area contributed by atoms with Crippen LogP contribution in [0.5, 0.6) is 0 Å². The number of nitrogens with one attached hydrogen (secondary N) is 3. The van der Waals surface area contributed by atoms with Gasteiger partial charge in [0, 0.05) is 6.04 Å². The lowest BCUT2D eigenvalue weighted by atomic mass is 9.97. The summed E-state index contributed by atoms with van der Waals surface area (Å²) in [4.78, 5) is -0.233.